The van der Waals surface area contributed by atoms with E-state index >= 15 is 0 Å². The van der Waals surface area contributed by atoms with Crippen molar-refractivity contribution in [3.8, 4) is 0 Å². The molecule has 0 aliphatic rings. The number of carboxylic acid groups (broad SMARTS) is 1. The zero-order chi connectivity index (χ0) is 12.5. The summed E-state index contributed by atoms with van der Waals surface area (Å²) in [5, 5.41) is 11.0. The first-order valence-corrected chi connectivity index (χ1v) is 6.48. The molecule has 1 unspecified atom stereocenters. The van der Waals surface area contributed by atoms with E-state index in [1.807, 2.05) is 30.3 Å². The maximum atomic E-state index is 11.0. The van der Waals surface area contributed by atoms with Gasteiger partial charge < -0.3 is 9.90 Å². The Balaban J connectivity index is 2.36. The highest BCUT2D eigenvalue weighted by Crippen LogP contribution is 2.16. The Kier molecular flexibility index (Phi) is 6.38. The molecule has 0 N–H and O–H groups in total. The fourth-order valence-corrected chi connectivity index (χ4v) is 2.01. The predicted molar refractivity (Wildman–Crippen MR) is 67.4 cm³/mol. The number of carbonyl (C=O) groups excluding carboxylic acids is 1. The van der Waals surface area contributed by atoms with Gasteiger partial charge in [0.25, 0.3) is 0 Å². The first-order chi connectivity index (χ1) is 8.24. The van der Waals surface area contributed by atoms with Crippen LogP contribution in [-0.2, 0) is 11.2 Å². The number of hydrogen-bond donors (Lipinski definition) is 0. The third kappa shape index (κ3) is 5.53. The average Bonchev–Trinajstić information content (AvgIpc) is 2.34. The van der Waals surface area contributed by atoms with Crippen molar-refractivity contribution in [2.75, 3.05) is 0 Å². The molecule has 0 aromatic heterocycles. The first kappa shape index (κ1) is 13.8. The summed E-state index contributed by atoms with van der Waals surface area (Å²) in [6.45, 7) is 2.12. The van der Waals surface area contributed by atoms with Gasteiger partial charge in [0.2, 0.25) is 0 Å². The molecule has 0 saturated carbocycles. The zero-order valence-electron chi connectivity index (χ0n) is 10.5. The Morgan fingerprint density at radius 1 is 1.18 bits per heavy atom. The molecule has 0 spiro atoms. The van der Waals surface area contributed by atoms with Crippen molar-refractivity contribution in [1.82, 2.24) is 0 Å². The van der Waals surface area contributed by atoms with Crippen LogP contribution in [0.5, 0.6) is 0 Å². The van der Waals surface area contributed by atoms with E-state index in [0.29, 0.717) is 6.42 Å². The normalized spacial score (nSPS) is 12.3. The molecule has 0 amide bonds. The number of hydrogen-bond acceptors (Lipinski definition) is 2. The molecule has 1 rings (SSSR count). The van der Waals surface area contributed by atoms with Crippen LogP contribution in [0.25, 0.3) is 0 Å². The maximum absolute atomic E-state index is 11.0. The van der Waals surface area contributed by atoms with Gasteiger partial charge in [0.15, 0.2) is 0 Å². The van der Waals surface area contributed by atoms with Crippen LogP contribution >= 0.6 is 0 Å². The van der Waals surface area contributed by atoms with Gasteiger partial charge in [-0.15, -0.1) is 0 Å². The molecular weight excluding hydrogens is 212 g/mol. The van der Waals surface area contributed by atoms with Gasteiger partial charge in [-0.3, -0.25) is 0 Å². The highest BCUT2D eigenvalue weighted by Gasteiger charge is 2.09. The summed E-state index contributed by atoms with van der Waals surface area (Å²) < 4.78 is 0. The van der Waals surface area contributed by atoms with E-state index in [-0.39, 0.29) is 5.92 Å². The molecule has 1 aromatic rings. The third-order valence-corrected chi connectivity index (χ3v) is 3.11. The molecule has 2 nitrogen and oxygen atoms in total. The van der Waals surface area contributed by atoms with Gasteiger partial charge in [0.05, 0.1) is 0 Å². The second kappa shape index (κ2) is 7.88. The van der Waals surface area contributed by atoms with Crippen LogP contribution in [0.4, 0.5) is 0 Å². The van der Waals surface area contributed by atoms with Crippen LogP contribution in [0, 0.1) is 5.92 Å². The summed E-state index contributed by atoms with van der Waals surface area (Å²) in [7, 11) is 0. The Morgan fingerprint density at radius 2 is 1.88 bits per heavy atom. The summed E-state index contributed by atoms with van der Waals surface area (Å²) in [4.78, 5) is 11.0. The minimum absolute atomic E-state index is 0.290. The average molecular weight is 233 g/mol. The molecule has 2 heteroatoms. The van der Waals surface area contributed by atoms with Crippen molar-refractivity contribution in [3.05, 3.63) is 35.9 Å². The van der Waals surface area contributed by atoms with Gasteiger partial charge in [-0.05, 0) is 30.7 Å². The largest absolute Gasteiger partial charge is 0.550 e. The lowest BCUT2D eigenvalue weighted by Crippen LogP contribution is -2.31. The number of rotatable bonds is 8. The molecule has 94 valence electrons. The van der Waals surface area contributed by atoms with E-state index in [0.717, 1.165) is 32.1 Å². The monoisotopic (exact) mass is 233 g/mol. The first-order valence-electron chi connectivity index (χ1n) is 6.48. The number of carboxylic acids is 1. The minimum atomic E-state index is -0.892. The van der Waals surface area contributed by atoms with E-state index in [1.165, 1.54) is 5.56 Å². The van der Waals surface area contributed by atoms with Crippen molar-refractivity contribution in [2.24, 2.45) is 5.92 Å². The quantitative estimate of drug-likeness (QED) is 0.647. The Morgan fingerprint density at radius 3 is 2.47 bits per heavy atom. The van der Waals surface area contributed by atoms with Crippen molar-refractivity contribution >= 4 is 5.97 Å². The van der Waals surface area contributed by atoms with Gasteiger partial charge in [-0.2, -0.15) is 0 Å². The standard InChI is InChI=1S/C15H22O2/c1-2-3-5-10-14(15(16)17)12-11-13-8-6-4-7-9-13/h4,6-9,14H,2-3,5,10-12H2,1H3,(H,16,17)/p-1. The fraction of sp³-hybridized carbons (Fsp3) is 0.533. The number of aryl methyl sites for hydroxylation is 1. The molecule has 1 atom stereocenters. The van der Waals surface area contributed by atoms with E-state index in [1.54, 1.807) is 0 Å². The predicted octanol–water partition coefficient (Wildman–Crippen LogP) is 2.57. The topological polar surface area (TPSA) is 40.1 Å². The van der Waals surface area contributed by atoms with Crippen LogP contribution in [0.1, 0.15) is 44.6 Å². The van der Waals surface area contributed by atoms with Crippen LogP contribution < -0.4 is 5.11 Å². The lowest BCUT2D eigenvalue weighted by Gasteiger charge is -2.17. The number of carbonyl (C=O) groups is 1. The molecule has 17 heavy (non-hydrogen) atoms. The SMILES string of the molecule is CCCCCC(CCc1ccccc1)C(=O)[O-]. The summed E-state index contributed by atoms with van der Waals surface area (Å²) in [5.41, 5.74) is 1.20. The van der Waals surface area contributed by atoms with Crippen LogP contribution in [0.15, 0.2) is 30.3 Å². The summed E-state index contributed by atoms with van der Waals surface area (Å²) in [6, 6.07) is 10.0. The maximum Gasteiger partial charge on any atom is 0.0445 e. The van der Waals surface area contributed by atoms with Gasteiger partial charge in [0, 0.05) is 5.97 Å². The van der Waals surface area contributed by atoms with Gasteiger partial charge in [-0.1, -0.05) is 56.5 Å². The number of benzene rings is 1. The number of aliphatic carboxylic acids is 1. The lowest BCUT2D eigenvalue weighted by molar-refractivity contribution is -0.312. The molecule has 1 aromatic carbocycles. The minimum Gasteiger partial charge on any atom is -0.550 e. The molecule has 0 aliphatic carbocycles. The summed E-state index contributed by atoms with van der Waals surface area (Å²) >= 11 is 0. The molecule has 0 saturated heterocycles. The summed E-state index contributed by atoms with van der Waals surface area (Å²) in [6.07, 6.45) is 5.49. The Labute approximate surface area is 104 Å². The fourth-order valence-electron chi connectivity index (χ4n) is 2.01. The van der Waals surface area contributed by atoms with Crippen molar-refractivity contribution in [2.45, 2.75) is 45.4 Å². The van der Waals surface area contributed by atoms with Crippen LogP contribution in [0.2, 0.25) is 0 Å². The van der Waals surface area contributed by atoms with Crippen LogP contribution in [0.3, 0.4) is 0 Å². The molecule has 0 radical (unpaired) electrons. The van der Waals surface area contributed by atoms with Gasteiger partial charge in [0.1, 0.15) is 0 Å². The van der Waals surface area contributed by atoms with E-state index < -0.39 is 5.97 Å². The van der Waals surface area contributed by atoms with Crippen molar-refractivity contribution in [1.29, 1.82) is 0 Å². The van der Waals surface area contributed by atoms with Crippen LogP contribution in [-0.4, -0.2) is 5.97 Å². The lowest BCUT2D eigenvalue weighted by atomic mass is 9.94. The van der Waals surface area contributed by atoms with Gasteiger partial charge >= 0.3 is 0 Å². The molecule has 0 heterocycles. The molecule has 0 aliphatic heterocycles. The zero-order valence-corrected chi connectivity index (χ0v) is 10.5. The number of unbranched alkanes of at least 4 members (excludes halogenated alkanes) is 2. The van der Waals surface area contributed by atoms with Crippen molar-refractivity contribution < 1.29 is 9.90 Å². The van der Waals surface area contributed by atoms with E-state index in [9.17, 15) is 9.90 Å². The summed E-state index contributed by atoms with van der Waals surface area (Å²) in [5.74, 6) is -1.18. The van der Waals surface area contributed by atoms with Gasteiger partial charge in [-0.25, -0.2) is 0 Å². The third-order valence-electron chi connectivity index (χ3n) is 3.11. The molecular formula is C15H21O2-. The van der Waals surface area contributed by atoms with E-state index in [4.69, 9.17) is 0 Å². The highest BCUT2D eigenvalue weighted by molar-refractivity contribution is 5.67. The van der Waals surface area contributed by atoms with E-state index in [2.05, 4.69) is 6.92 Å². The second-order valence-electron chi connectivity index (χ2n) is 4.54. The Hall–Kier alpha value is -1.31. The second-order valence-corrected chi connectivity index (χ2v) is 4.54. The highest BCUT2D eigenvalue weighted by atomic mass is 16.4. The molecule has 0 fully saturated rings. The van der Waals surface area contributed by atoms with Crippen molar-refractivity contribution in [3.63, 3.8) is 0 Å². The Bertz CT molecular complexity index is 319. The smallest absolute Gasteiger partial charge is 0.0445 e. The molecule has 0 bridgehead atoms.